The highest BCUT2D eigenvalue weighted by Gasteiger charge is 2.35. The lowest BCUT2D eigenvalue weighted by molar-refractivity contribution is -0.00527. The lowest BCUT2D eigenvalue weighted by atomic mass is 10.1. The van der Waals surface area contributed by atoms with Crippen molar-refractivity contribution in [3.63, 3.8) is 0 Å². The Kier molecular flexibility index (Phi) is 3.95. The third-order valence-corrected chi connectivity index (χ3v) is 5.60. The second-order valence-corrected chi connectivity index (χ2v) is 8.42. The van der Waals surface area contributed by atoms with Crippen LogP contribution in [0.3, 0.4) is 0 Å². The van der Waals surface area contributed by atoms with E-state index in [4.69, 9.17) is 10.5 Å². The number of hydrogen-bond donors (Lipinski definition) is 1. The first kappa shape index (κ1) is 14.8. The molecule has 0 bridgehead atoms. The normalized spacial score (nSPS) is 22.6. The van der Waals surface area contributed by atoms with E-state index in [0.717, 1.165) is 12.8 Å². The lowest BCUT2D eigenvalue weighted by Crippen LogP contribution is -2.25. The zero-order chi connectivity index (χ0) is 14.3. The monoisotopic (exact) mass is 347 g/mol. The Balaban J connectivity index is 2.22. The van der Waals surface area contributed by atoms with E-state index in [2.05, 4.69) is 15.9 Å². The third kappa shape index (κ3) is 3.49. The van der Waals surface area contributed by atoms with Gasteiger partial charge >= 0.3 is 0 Å². The summed E-state index contributed by atoms with van der Waals surface area (Å²) in [4.78, 5) is 0.176. The molecule has 1 heterocycles. The van der Waals surface area contributed by atoms with Gasteiger partial charge in [-0.05, 0) is 44.9 Å². The predicted molar refractivity (Wildman–Crippen MR) is 78.8 cm³/mol. The largest absolute Gasteiger partial charge is 0.398 e. The predicted octanol–water partition coefficient (Wildman–Crippen LogP) is 2.76. The molecular formula is C13H18BrNO3S. The molecule has 0 aromatic heterocycles. The van der Waals surface area contributed by atoms with Crippen LogP contribution in [0.25, 0.3) is 0 Å². The number of halogens is 1. The van der Waals surface area contributed by atoms with Gasteiger partial charge in [0.05, 0.1) is 28.0 Å². The average Bonchev–Trinajstić information content (AvgIpc) is 2.60. The third-order valence-electron chi connectivity index (χ3n) is 3.27. The molecule has 1 saturated heterocycles. The minimum absolute atomic E-state index is 0.0168. The van der Waals surface area contributed by atoms with Crippen LogP contribution in [0.15, 0.2) is 27.6 Å². The smallest absolute Gasteiger partial charge is 0.182 e. The van der Waals surface area contributed by atoms with Crippen molar-refractivity contribution in [2.45, 2.75) is 43.3 Å². The summed E-state index contributed by atoms with van der Waals surface area (Å²) in [7, 11) is -3.43. The van der Waals surface area contributed by atoms with Crippen LogP contribution in [0.1, 0.15) is 26.7 Å². The van der Waals surface area contributed by atoms with Gasteiger partial charge in [-0.1, -0.05) is 15.9 Å². The molecule has 106 valence electrons. The van der Waals surface area contributed by atoms with E-state index >= 15 is 0 Å². The van der Waals surface area contributed by atoms with Crippen LogP contribution in [0, 0.1) is 0 Å². The molecule has 1 aliphatic heterocycles. The number of nitrogen functional groups attached to an aromatic ring is 1. The van der Waals surface area contributed by atoms with E-state index in [1.807, 2.05) is 13.8 Å². The summed E-state index contributed by atoms with van der Waals surface area (Å²) < 4.78 is 31.2. The summed E-state index contributed by atoms with van der Waals surface area (Å²) in [6.45, 7) is 3.96. The van der Waals surface area contributed by atoms with Crippen LogP contribution in [0.5, 0.6) is 0 Å². The highest BCUT2D eigenvalue weighted by atomic mass is 79.9. The van der Waals surface area contributed by atoms with Gasteiger partial charge in [0.2, 0.25) is 0 Å². The van der Waals surface area contributed by atoms with Crippen molar-refractivity contribution in [1.29, 1.82) is 0 Å². The van der Waals surface area contributed by atoms with Crippen molar-refractivity contribution in [2.75, 3.05) is 11.5 Å². The van der Waals surface area contributed by atoms with Crippen LogP contribution < -0.4 is 5.73 Å². The van der Waals surface area contributed by atoms with Crippen LogP contribution in [0.2, 0.25) is 0 Å². The molecule has 1 aromatic carbocycles. The summed E-state index contributed by atoms with van der Waals surface area (Å²) in [5, 5.41) is 0. The Morgan fingerprint density at radius 1 is 1.47 bits per heavy atom. The van der Waals surface area contributed by atoms with Gasteiger partial charge in [0.15, 0.2) is 9.84 Å². The van der Waals surface area contributed by atoms with Crippen LogP contribution in [0.4, 0.5) is 5.69 Å². The molecule has 0 radical (unpaired) electrons. The zero-order valence-corrected chi connectivity index (χ0v) is 13.4. The zero-order valence-electron chi connectivity index (χ0n) is 11.0. The number of nitrogens with two attached hydrogens (primary N) is 1. The van der Waals surface area contributed by atoms with Gasteiger partial charge in [0, 0.05) is 4.47 Å². The molecule has 1 atom stereocenters. The van der Waals surface area contributed by atoms with E-state index in [9.17, 15) is 8.42 Å². The quantitative estimate of drug-likeness (QED) is 0.853. The molecule has 0 aliphatic carbocycles. The number of rotatable bonds is 3. The minimum Gasteiger partial charge on any atom is -0.398 e. The molecular weight excluding hydrogens is 330 g/mol. The summed E-state index contributed by atoms with van der Waals surface area (Å²) >= 11 is 3.27. The molecule has 0 saturated carbocycles. The van der Waals surface area contributed by atoms with Crippen molar-refractivity contribution >= 4 is 31.5 Å². The maximum Gasteiger partial charge on any atom is 0.182 e. The Morgan fingerprint density at radius 3 is 2.74 bits per heavy atom. The number of benzene rings is 1. The molecule has 0 amide bonds. The number of anilines is 1. The van der Waals surface area contributed by atoms with Crippen molar-refractivity contribution < 1.29 is 13.2 Å². The topological polar surface area (TPSA) is 69.4 Å². The minimum atomic E-state index is -3.43. The molecule has 19 heavy (non-hydrogen) atoms. The van der Waals surface area contributed by atoms with Crippen LogP contribution in [-0.4, -0.2) is 25.9 Å². The molecule has 6 heteroatoms. The Hall–Kier alpha value is -0.590. The fourth-order valence-electron chi connectivity index (χ4n) is 2.31. The van der Waals surface area contributed by atoms with E-state index < -0.39 is 9.84 Å². The fourth-order valence-corrected chi connectivity index (χ4v) is 4.46. The van der Waals surface area contributed by atoms with E-state index in [1.165, 1.54) is 0 Å². The molecule has 0 spiro atoms. The first-order valence-electron chi connectivity index (χ1n) is 6.15. The Labute approximate surface area is 122 Å². The van der Waals surface area contributed by atoms with Gasteiger partial charge in [-0.25, -0.2) is 8.42 Å². The van der Waals surface area contributed by atoms with Gasteiger partial charge in [-0.3, -0.25) is 0 Å². The van der Waals surface area contributed by atoms with Gasteiger partial charge in [-0.15, -0.1) is 0 Å². The summed E-state index contributed by atoms with van der Waals surface area (Å²) in [5.74, 6) is -0.0168. The highest BCUT2D eigenvalue weighted by molar-refractivity contribution is 9.10. The van der Waals surface area contributed by atoms with E-state index in [1.54, 1.807) is 18.2 Å². The first-order valence-corrected chi connectivity index (χ1v) is 8.60. The molecule has 1 aliphatic rings. The molecule has 1 unspecified atom stereocenters. The van der Waals surface area contributed by atoms with Crippen molar-refractivity contribution in [1.82, 2.24) is 0 Å². The first-order chi connectivity index (χ1) is 8.70. The lowest BCUT2D eigenvalue weighted by Gasteiger charge is -2.19. The standard InChI is InChI=1S/C13H18BrNO3S/c1-13(2)6-5-10(18-13)8-19(16,17)12-7-9(14)3-4-11(12)15/h3-4,7,10H,5-6,8,15H2,1-2H3. The van der Waals surface area contributed by atoms with Crippen molar-refractivity contribution in [2.24, 2.45) is 0 Å². The number of sulfone groups is 1. The molecule has 4 nitrogen and oxygen atoms in total. The fraction of sp³-hybridized carbons (Fsp3) is 0.538. The molecule has 1 aromatic rings. The Bertz CT molecular complexity index is 584. The summed E-state index contributed by atoms with van der Waals surface area (Å²) in [5.41, 5.74) is 5.81. The van der Waals surface area contributed by atoms with Crippen molar-refractivity contribution in [3.8, 4) is 0 Å². The maximum absolute atomic E-state index is 12.4. The molecule has 2 N–H and O–H groups in total. The second kappa shape index (κ2) is 5.07. The number of ether oxygens (including phenoxy) is 1. The SMILES string of the molecule is CC1(C)CCC(CS(=O)(=O)c2cc(Br)ccc2N)O1. The molecule has 1 fully saturated rings. The highest BCUT2D eigenvalue weighted by Crippen LogP contribution is 2.32. The summed E-state index contributed by atoms with van der Waals surface area (Å²) in [6.07, 6.45) is 1.39. The van der Waals surface area contributed by atoms with E-state index in [-0.39, 0.29) is 28.0 Å². The Morgan fingerprint density at radius 2 is 2.16 bits per heavy atom. The van der Waals surface area contributed by atoms with Crippen LogP contribution >= 0.6 is 15.9 Å². The average molecular weight is 348 g/mol. The van der Waals surface area contributed by atoms with Gasteiger partial charge < -0.3 is 10.5 Å². The van der Waals surface area contributed by atoms with Crippen molar-refractivity contribution in [3.05, 3.63) is 22.7 Å². The second-order valence-electron chi connectivity index (χ2n) is 5.50. The van der Waals surface area contributed by atoms with Gasteiger partial charge in [-0.2, -0.15) is 0 Å². The molecule has 2 rings (SSSR count). The van der Waals surface area contributed by atoms with Crippen LogP contribution in [-0.2, 0) is 14.6 Å². The van der Waals surface area contributed by atoms with Gasteiger partial charge in [0.1, 0.15) is 0 Å². The summed E-state index contributed by atoms with van der Waals surface area (Å²) in [6, 6.07) is 4.87. The van der Waals surface area contributed by atoms with Gasteiger partial charge in [0.25, 0.3) is 0 Å². The van der Waals surface area contributed by atoms with E-state index in [0.29, 0.717) is 4.47 Å². The number of hydrogen-bond acceptors (Lipinski definition) is 4. The maximum atomic E-state index is 12.4.